The van der Waals surface area contributed by atoms with E-state index in [1.54, 1.807) is 6.08 Å². The van der Waals surface area contributed by atoms with Gasteiger partial charge < -0.3 is 4.74 Å². The van der Waals surface area contributed by atoms with Crippen molar-refractivity contribution in [3.05, 3.63) is 11.8 Å². The van der Waals surface area contributed by atoms with Crippen molar-refractivity contribution < 1.29 is 18.3 Å². The van der Waals surface area contributed by atoms with Crippen LogP contribution >= 0.6 is 0 Å². The van der Waals surface area contributed by atoms with Crippen LogP contribution in [0.2, 0.25) is 0 Å². The molecule has 0 radical (unpaired) electrons. The molecular weight excluding hydrogens is 178 g/mol. The van der Waals surface area contributed by atoms with Crippen LogP contribution in [0.5, 0.6) is 0 Å². The molecule has 0 aromatic heterocycles. The Kier molecular flexibility index (Phi) is 1.86. The van der Waals surface area contributed by atoms with Gasteiger partial charge >= 0.3 is 0 Å². The maximum Gasteiger partial charge on any atom is 0.249 e. The third-order valence-corrected chi connectivity index (χ3v) is 2.41. The normalized spacial score (nSPS) is 26.2. The minimum atomic E-state index is -2.63. The van der Waals surface area contributed by atoms with E-state index in [0.29, 0.717) is 18.8 Å². The summed E-state index contributed by atoms with van der Waals surface area (Å²) in [5.74, 6) is -3.09. The first kappa shape index (κ1) is 8.66. The fourth-order valence-electron chi connectivity index (χ4n) is 1.64. The Morgan fingerprint density at radius 1 is 1.54 bits per heavy atom. The van der Waals surface area contributed by atoms with Crippen molar-refractivity contribution in [3.8, 4) is 0 Å². The predicted octanol–water partition coefficient (Wildman–Crippen LogP) is 1.91. The number of hydrogen-bond acceptors (Lipinski definition) is 2. The second-order valence-electron chi connectivity index (χ2n) is 3.53. The first-order valence-electron chi connectivity index (χ1n) is 4.33. The van der Waals surface area contributed by atoms with E-state index in [0.717, 1.165) is 0 Å². The molecule has 1 fully saturated rings. The first-order valence-corrected chi connectivity index (χ1v) is 4.33. The summed E-state index contributed by atoms with van der Waals surface area (Å²) in [4.78, 5) is 11.4. The number of rotatable bonds is 2. The molecule has 72 valence electrons. The second-order valence-corrected chi connectivity index (χ2v) is 3.53. The number of carbonyl (C=O) groups excluding carboxylic acids is 1. The van der Waals surface area contributed by atoms with Gasteiger partial charge in [0.15, 0.2) is 5.76 Å². The molecule has 4 heteroatoms. The lowest BCUT2D eigenvalue weighted by molar-refractivity contribution is -0.147. The third kappa shape index (κ3) is 1.57. The van der Waals surface area contributed by atoms with Crippen LogP contribution < -0.4 is 0 Å². The van der Waals surface area contributed by atoms with Crippen molar-refractivity contribution in [2.75, 3.05) is 6.61 Å². The van der Waals surface area contributed by atoms with Crippen LogP contribution in [0.4, 0.5) is 8.78 Å². The number of carbonyl (C=O) groups is 1. The third-order valence-electron chi connectivity index (χ3n) is 2.41. The fourth-order valence-corrected chi connectivity index (χ4v) is 1.64. The van der Waals surface area contributed by atoms with Gasteiger partial charge in [-0.3, -0.25) is 4.79 Å². The highest BCUT2D eigenvalue weighted by Crippen LogP contribution is 2.44. The molecule has 0 unspecified atom stereocenters. The van der Waals surface area contributed by atoms with Crippen molar-refractivity contribution in [3.63, 3.8) is 0 Å². The fraction of sp³-hybridized carbons (Fsp3) is 0.667. The monoisotopic (exact) mass is 188 g/mol. The summed E-state index contributed by atoms with van der Waals surface area (Å²) in [5.41, 5.74) is 0. The van der Waals surface area contributed by atoms with E-state index < -0.39 is 11.8 Å². The molecule has 1 aliphatic heterocycles. The van der Waals surface area contributed by atoms with E-state index in [-0.39, 0.29) is 18.6 Å². The summed E-state index contributed by atoms with van der Waals surface area (Å²) >= 11 is 0. The Balaban J connectivity index is 1.93. The number of allylic oxidation sites excluding steroid dienone is 1. The molecule has 1 heterocycles. The molecule has 0 aromatic rings. The minimum Gasteiger partial charge on any atom is -0.490 e. The summed E-state index contributed by atoms with van der Waals surface area (Å²) in [7, 11) is 0. The molecule has 0 spiro atoms. The van der Waals surface area contributed by atoms with Gasteiger partial charge in [0.05, 0.1) is 6.61 Å². The van der Waals surface area contributed by atoms with E-state index in [2.05, 4.69) is 0 Å². The quantitative estimate of drug-likeness (QED) is 0.661. The lowest BCUT2D eigenvalue weighted by Crippen LogP contribution is -2.40. The molecular formula is C9H10F2O2. The zero-order valence-electron chi connectivity index (χ0n) is 7.06. The smallest absolute Gasteiger partial charge is 0.249 e. The number of halogens is 2. The van der Waals surface area contributed by atoms with Gasteiger partial charge in [-0.15, -0.1) is 0 Å². The van der Waals surface area contributed by atoms with Gasteiger partial charge in [-0.1, -0.05) is 0 Å². The van der Waals surface area contributed by atoms with E-state index in [1.807, 2.05) is 0 Å². The molecule has 0 atom stereocenters. The van der Waals surface area contributed by atoms with Crippen LogP contribution in [0.25, 0.3) is 0 Å². The summed E-state index contributed by atoms with van der Waals surface area (Å²) < 4.78 is 29.9. The summed E-state index contributed by atoms with van der Waals surface area (Å²) in [6, 6.07) is 0. The van der Waals surface area contributed by atoms with Crippen LogP contribution in [0.15, 0.2) is 11.8 Å². The van der Waals surface area contributed by atoms with Gasteiger partial charge in [0.25, 0.3) is 0 Å². The Bertz CT molecular complexity index is 263. The highest BCUT2D eigenvalue weighted by Gasteiger charge is 2.49. The molecule has 2 nitrogen and oxygen atoms in total. The summed E-state index contributed by atoms with van der Waals surface area (Å²) in [6.45, 7) is 0.504. The van der Waals surface area contributed by atoms with Crippen LogP contribution in [0, 0.1) is 5.92 Å². The van der Waals surface area contributed by atoms with Gasteiger partial charge in [-0.25, -0.2) is 8.78 Å². The summed E-state index contributed by atoms with van der Waals surface area (Å²) in [6.07, 6.45) is 1.77. The lowest BCUT2D eigenvalue weighted by atomic mass is 9.78. The van der Waals surface area contributed by atoms with Gasteiger partial charge in [0.1, 0.15) is 0 Å². The zero-order valence-corrected chi connectivity index (χ0v) is 7.06. The van der Waals surface area contributed by atoms with E-state index in [1.165, 1.54) is 0 Å². The van der Waals surface area contributed by atoms with Gasteiger partial charge in [-0.05, 0) is 6.08 Å². The van der Waals surface area contributed by atoms with E-state index in [4.69, 9.17) is 4.74 Å². The average Bonchev–Trinajstić information content (AvgIpc) is 2.50. The number of alkyl halides is 2. The zero-order chi connectivity index (χ0) is 9.47. The standard InChI is InChI=1S/C9H10F2O2/c10-9(11)4-6(5-9)8(12)7-2-1-3-13-7/h2,6H,1,3-5H2. The highest BCUT2D eigenvalue weighted by atomic mass is 19.3. The maximum absolute atomic E-state index is 12.4. The van der Waals surface area contributed by atoms with E-state index >= 15 is 0 Å². The molecule has 0 saturated heterocycles. The molecule has 1 saturated carbocycles. The van der Waals surface area contributed by atoms with Crippen LogP contribution in [-0.4, -0.2) is 18.3 Å². The summed E-state index contributed by atoms with van der Waals surface area (Å²) in [5, 5.41) is 0. The maximum atomic E-state index is 12.4. The molecule has 0 amide bonds. The van der Waals surface area contributed by atoms with Gasteiger partial charge in [0.2, 0.25) is 11.7 Å². The number of hydrogen-bond donors (Lipinski definition) is 0. The van der Waals surface area contributed by atoms with Gasteiger partial charge in [0, 0.05) is 25.2 Å². The molecule has 2 aliphatic rings. The van der Waals surface area contributed by atoms with Crippen molar-refractivity contribution in [1.82, 2.24) is 0 Å². The number of ketones is 1. The lowest BCUT2D eigenvalue weighted by Gasteiger charge is -2.33. The largest absolute Gasteiger partial charge is 0.490 e. The van der Waals surface area contributed by atoms with E-state index in [9.17, 15) is 13.6 Å². The molecule has 2 rings (SSSR count). The first-order chi connectivity index (χ1) is 6.08. The highest BCUT2D eigenvalue weighted by molar-refractivity contribution is 5.96. The Hall–Kier alpha value is -0.930. The van der Waals surface area contributed by atoms with Crippen molar-refractivity contribution in [2.45, 2.75) is 25.2 Å². The molecule has 13 heavy (non-hydrogen) atoms. The van der Waals surface area contributed by atoms with Crippen LogP contribution in [0.3, 0.4) is 0 Å². The average molecular weight is 188 g/mol. The second kappa shape index (κ2) is 2.79. The molecule has 0 bridgehead atoms. The number of ether oxygens (including phenoxy) is 1. The Morgan fingerprint density at radius 2 is 2.23 bits per heavy atom. The molecule has 1 aliphatic carbocycles. The van der Waals surface area contributed by atoms with Crippen molar-refractivity contribution >= 4 is 5.78 Å². The minimum absolute atomic E-state index is 0.247. The predicted molar refractivity (Wildman–Crippen MR) is 41.3 cm³/mol. The van der Waals surface area contributed by atoms with Crippen molar-refractivity contribution in [2.24, 2.45) is 5.92 Å². The topological polar surface area (TPSA) is 26.3 Å². The van der Waals surface area contributed by atoms with Crippen LogP contribution in [-0.2, 0) is 9.53 Å². The Labute approximate surface area is 74.6 Å². The molecule has 0 N–H and O–H groups in total. The SMILES string of the molecule is O=C(C1=CCCO1)C1CC(F)(F)C1. The number of Topliss-reactive ketones (excluding diaryl/α,β-unsaturated/α-hetero) is 1. The molecule has 0 aromatic carbocycles. The van der Waals surface area contributed by atoms with Crippen molar-refractivity contribution in [1.29, 1.82) is 0 Å². The Morgan fingerprint density at radius 3 is 2.69 bits per heavy atom. The van der Waals surface area contributed by atoms with Gasteiger partial charge in [-0.2, -0.15) is 0 Å². The van der Waals surface area contributed by atoms with Crippen LogP contribution in [0.1, 0.15) is 19.3 Å².